The lowest BCUT2D eigenvalue weighted by Crippen LogP contribution is -2.52. The largest absolute Gasteiger partial charge is 0.342 e. The Bertz CT molecular complexity index is 228. The molecule has 0 amide bonds. The normalized spacial score (nSPS) is 20.2. The molecule has 1 aliphatic heterocycles. The first kappa shape index (κ1) is 12.7. The van der Waals surface area contributed by atoms with E-state index in [-0.39, 0.29) is 5.66 Å². The van der Waals surface area contributed by atoms with Crippen molar-refractivity contribution in [2.24, 2.45) is 11.8 Å². The second-order valence-electron chi connectivity index (χ2n) is 5.38. The predicted octanol–water partition coefficient (Wildman–Crippen LogP) is 2.10. The average molecular weight is 229 g/mol. The zero-order valence-electron chi connectivity index (χ0n) is 10.4. The summed E-state index contributed by atoms with van der Waals surface area (Å²) in [7, 11) is 1.97. The Balaban J connectivity index is 2.74. The van der Waals surface area contributed by atoms with Crippen molar-refractivity contribution in [1.29, 1.82) is 0 Å². The highest BCUT2D eigenvalue weighted by Crippen LogP contribution is 2.25. The van der Waals surface area contributed by atoms with E-state index >= 15 is 0 Å². The van der Waals surface area contributed by atoms with Crippen LogP contribution in [0.1, 0.15) is 40.5 Å². The molecule has 1 saturated heterocycles. The molecule has 15 heavy (non-hydrogen) atoms. The Kier molecular flexibility index (Phi) is 3.95. The maximum atomic E-state index is 5.25. The summed E-state index contributed by atoms with van der Waals surface area (Å²) in [6, 6.07) is 0. The molecule has 0 atom stereocenters. The third-order valence-corrected chi connectivity index (χ3v) is 2.92. The number of hydrazine groups is 1. The summed E-state index contributed by atoms with van der Waals surface area (Å²) >= 11 is 5.25. The molecule has 0 bridgehead atoms. The van der Waals surface area contributed by atoms with Gasteiger partial charge in [-0.05, 0) is 36.9 Å². The van der Waals surface area contributed by atoms with E-state index in [0.29, 0.717) is 11.8 Å². The first-order valence-corrected chi connectivity index (χ1v) is 6.09. The fourth-order valence-electron chi connectivity index (χ4n) is 2.36. The minimum absolute atomic E-state index is 0.0336. The molecule has 0 unspecified atom stereocenters. The van der Waals surface area contributed by atoms with E-state index in [1.54, 1.807) is 0 Å². The predicted molar refractivity (Wildman–Crippen MR) is 68.3 cm³/mol. The molecule has 0 aromatic carbocycles. The SMILES string of the molecule is CC(C)CC1(CC(C)C)NC(=S)N(C)N1. The number of nitrogens with zero attached hydrogens (tertiary/aromatic N) is 1. The molecule has 0 saturated carbocycles. The zero-order chi connectivity index (χ0) is 11.6. The molecule has 0 radical (unpaired) electrons. The van der Waals surface area contributed by atoms with E-state index in [2.05, 4.69) is 38.4 Å². The van der Waals surface area contributed by atoms with Crippen molar-refractivity contribution in [3.63, 3.8) is 0 Å². The molecular formula is C11H23N3S. The molecule has 0 aliphatic carbocycles. The van der Waals surface area contributed by atoms with Crippen LogP contribution < -0.4 is 10.7 Å². The number of hydrogen-bond acceptors (Lipinski definition) is 2. The van der Waals surface area contributed by atoms with Gasteiger partial charge in [0.15, 0.2) is 5.11 Å². The molecule has 88 valence electrons. The maximum Gasteiger partial charge on any atom is 0.184 e. The third kappa shape index (κ3) is 3.31. The molecule has 1 heterocycles. The Morgan fingerprint density at radius 2 is 1.67 bits per heavy atom. The first-order chi connectivity index (χ1) is 6.84. The van der Waals surface area contributed by atoms with Gasteiger partial charge in [-0.25, -0.2) is 5.43 Å². The van der Waals surface area contributed by atoms with Gasteiger partial charge in [0.2, 0.25) is 0 Å². The summed E-state index contributed by atoms with van der Waals surface area (Å²) in [4.78, 5) is 0. The van der Waals surface area contributed by atoms with Crippen LogP contribution in [0.5, 0.6) is 0 Å². The third-order valence-electron chi connectivity index (χ3n) is 2.55. The van der Waals surface area contributed by atoms with E-state index in [1.165, 1.54) is 0 Å². The van der Waals surface area contributed by atoms with Crippen LogP contribution in [0.3, 0.4) is 0 Å². The van der Waals surface area contributed by atoms with Crippen molar-refractivity contribution < 1.29 is 0 Å². The van der Waals surface area contributed by atoms with Crippen LogP contribution in [-0.2, 0) is 0 Å². The van der Waals surface area contributed by atoms with E-state index in [1.807, 2.05) is 12.1 Å². The molecule has 1 fully saturated rings. The highest BCUT2D eigenvalue weighted by Gasteiger charge is 2.39. The Labute approximate surface area is 98.6 Å². The van der Waals surface area contributed by atoms with Gasteiger partial charge in [0.05, 0.1) is 0 Å². The van der Waals surface area contributed by atoms with Gasteiger partial charge in [0.25, 0.3) is 0 Å². The second-order valence-corrected chi connectivity index (χ2v) is 5.77. The molecule has 0 aromatic heterocycles. The fraction of sp³-hybridized carbons (Fsp3) is 0.909. The van der Waals surface area contributed by atoms with Gasteiger partial charge in [-0.3, -0.25) is 5.01 Å². The lowest BCUT2D eigenvalue weighted by Gasteiger charge is -2.32. The van der Waals surface area contributed by atoms with Gasteiger partial charge in [0, 0.05) is 7.05 Å². The average Bonchev–Trinajstić information content (AvgIpc) is 2.23. The lowest BCUT2D eigenvalue weighted by molar-refractivity contribution is 0.173. The minimum Gasteiger partial charge on any atom is -0.342 e. The van der Waals surface area contributed by atoms with Crippen LogP contribution in [0.25, 0.3) is 0 Å². The van der Waals surface area contributed by atoms with Crippen molar-refractivity contribution >= 4 is 17.3 Å². The number of hydrogen-bond donors (Lipinski definition) is 2. The van der Waals surface area contributed by atoms with Crippen molar-refractivity contribution in [3.05, 3.63) is 0 Å². The van der Waals surface area contributed by atoms with Gasteiger partial charge >= 0.3 is 0 Å². The monoisotopic (exact) mass is 229 g/mol. The summed E-state index contributed by atoms with van der Waals surface area (Å²) in [5.41, 5.74) is 3.43. The summed E-state index contributed by atoms with van der Waals surface area (Å²) in [5.74, 6) is 1.30. The van der Waals surface area contributed by atoms with Gasteiger partial charge in [-0.2, -0.15) is 0 Å². The van der Waals surface area contributed by atoms with Crippen LogP contribution in [0.2, 0.25) is 0 Å². The second kappa shape index (κ2) is 4.66. The van der Waals surface area contributed by atoms with Crippen molar-refractivity contribution in [3.8, 4) is 0 Å². The molecule has 0 aromatic rings. The molecule has 1 aliphatic rings. The van der Waals surface area contributed by atoms with Crippen molar-refractivity contribution in [2.75, 3.05) is 7.05 Å². The summed E-state index contributed by atoms with van der Waals surface area (Å²) < 4.78 is 0. The number of rotatable bonds is 4. The summed E-state index contributed by atoms with van der Waals surface area (Å²) in [6.45, 7) is 8.97. The Morgan fingerprint density at radius 1 is 1.20 bits per heavy atom. The van der Waals surface area contributed by atoms with E-state index in [9.17, 15) is 0 Å². The molecule has 0 spiro atoms. The Morgan fingerprint density at radius 3 is 1.93 bits per heavy atom. The van der Waals surface area contributed by atoms with Crippen molar-refractivity contribution in [2.45, 2.75) is 46.2 Å². The van der Waals surface area contributed by atoms with Crippen LogP contribution in [0.15, 0.2) is 0 Å². The number of nitrogens with one attached hydrogen (secondary N) is 2. The Hall–Kier alpha value is -0.350. The smallest absolute Gasteiger partial charge is 0.184 e. The highest BCUT2D eigenvalue weighted by molar-refractivity contribution is 7.80. The van der Waals surface area contributed by atoms with Gasteiger partial charge < -0.3 is 5.32 Å². The molecular weight excluding hydrogens is 206 g/mol. The van der Waals surface area contributed by atoms with E-state index < -0.39 is 0 Å². The zero-order valence-corrected chi connectivity index (χ0v) is 11.2. The molecule has 4 heteroatoms. The quantitative estimate of drug-likeness (QED) is 0.722. The van der Waals surface area contributed by atoms with Gasteiger partial charge in [-0.1, -0.05) is 27.7 Å². The standard InChI is InChI=1S/C11H23N3S/c1-8(2)6-11(7-9(3)4)12-10(15)14(5)13-11/h8-9,13H,6-7H2,1-5H3,(H,12,15). The lowest BCUT2D eigenvalue weighted by atomic mass is 9.90. The highest BCUT2D eigenvalue weighted by atomic mass is 32.1. The van der Waals surface area contributed by atoms with E-state index in [0.717, 1.165) is 18.0 Å². The van der Waals surface area contributed by atoms with E-state index in [4.69, 9.17) is 12.2 Å². The molecule has 2 N–H and O–H groups in total. The number of thiocarbonyl (C=S) groups is 1. The van der Waals surface area contributed by atoms with Crippen molar-refractivity contribution in [1.82, 2.24) is 15.8 Å². The van der Waals surface area contributed by atoms with Crippen LogP contribution in [0, 0.1) is 11.8 Å². The van der Waals surface area contributed by atoms with Gasteiger partial charge in [-0.15, -0.1) is 0 Å². The minimum atomic E-state index is -0.0336. The molecule has 1 rings (SSSR count). The van der Waals surface area contributed by atoms with Crippen LogP contribution in [-0.4, -0.2) is 22.8 Å². The molecule has 3 nitrogen and oxygen atoms in total. The summed E-state index contributed by atoms with van der Waals surface area (Å²) in [6.07, 6.45) is 2.19. The maximum absolute atomic E-state index is 5.25. The topological polar surface area (TPSA) is 27.3 Å². The summed E-state index contributed by atoms with van der Waals surface area (Å²) in [5, 5.41) is 6.14. The fourth-order valence-corrected chi connectivity index (χ4v) is 2.60. The van der Waals surface area contributed by atoms with Crippen LogP contribution in [0.4, 0.5) is 0 Å². The van der Waals surface area contributed by atoms with Crippen LogP contribution >= 0.6 is 12.2 Å². The van der Waals surface area contributed by atoms with Gasteiger partial charge in [0.1, 0.15) is 5.66 Å². The first-order valence-electron chi connectivity index (χ1n) is 5.68.